The van der Waals surface area contributed by atoms with Crippen LogP contribution in [0.4, 0.5) is 0 Å². The lowest BCUT2D eigenvalue weighted by atomic mass is 9.56. The first-order valence-corrected chi connectivity index (χ1v) is 15.4. The number of hydrogen-bond acceptors (Lipinski definition) is 4. The maximum atomic E-state index is 13.4. The van der Waals surface area contributed by atoms with E-state index in [1.54, 1.807) is 4.90 Å². The van der Waals surface area contributed by atoms with Gasteiger partial charge in [-0.25, -0.2) is 4.79 Å². The van der Waals surface area contributed by atoms with Gasteiger partial charge in [0.25, 0.3) is 5.91 Å². The Morgan fingerprint density at radius 2 is 1.78 bits per heavy atom. The molecule has 8 heteroatoms. The minimum atomic E-state index is -0.813. The number of amides is 2. The number of H-pyrrole nitrogens is 1. The summed E-state index contributed by atoms with van der Waals surface area (Å²) in [6.45, 7) is 0. The average Bonchev–Trinajstić information content (AvgIpc) is 3.37. The Balaban J connectivity index is 1.20. The van der Waals surface area contributed by atoms with Crippen molar-refractivity contribution in [2.75, 3.05) is 13.0 Å². The number of ether oxygens (including phenoxy) is 1. The third-order valence-corrected chi connectivity index (χ3v) is 10.6. The van der Waals surface area contributed by atoms with Gasteiger partial charge in [0.05, 0.1) is 13.2 Å². The number of aromatic amines is 1. The zero-order valence-corrected chi connectivity index (χ0v) is 24.0. The Morgan fingerprint density at radius 1 is 1.00 bits per heavy atom. The molecule has 2 N–H and O–H groups in total. The van der Waals surface area contributed by atoms with Gasteiger partial charge >= 0.3 is 5.97 Å². The third kappa shape index (κ3) is 4.53. The van der Waals surface area contributed by atoms with E-state index in [9.17, 15) is 14.4 Å². The van der Waals surface area contributed by atoms with Crippen molar-refractivity contribution in [2.24, 2.45) is 23.7 Å². The zero-order chi connectivity index (χ0) is 28.2. The van der Waals surface area contributed by atoms with Crippen LogP contribution in [0.2, 0.25) is 0 Å². The van der Waals surface area contributed by atoms with Crippen molar-refractivity contribution in [2.45, 2.75) is 63.1 Å². The number of methoxy groups -OCH3 is 1. The van der Waals surface area contributed by atoms with E-state index in [0.717, 1.165) is 51.9 Å². The maximum Gasteiger partial charge on any atom is 0.328 e. The van der Waals surface area contributed by atoms with Gasteiger partial charge in [0.15, 0.2) is 0 Å². The number of esters is 1. The van der Waals surface area contributed by atoms with Crippen LogP contribution in [-0.4, -0.2) is 52.7 Å². The number of carbonyl (C=O) groups is 3. The van der Waals surface area contributed by atoms with Crippen molar-refractivity contribution in [1.82, 2.24) is 15.2 Å². The van der Waals surface area contributed by atoms with E-state index in [4.69, 9.17) is 16.3 Å². The Morgan fingerprint density at radius 3 is 2.56 bits per heavy atom. The molecular weight excluding hydrogens is 538 g/mol. The van der Waals surface area contributed by atoms with Crippen molar-refractivity contribution >= 4 is 40.3 Å². The molecular formula is C33H36ClN3O4. The summed E-state index contributed by atoms with van der Waals surface area (Å²) in [5.74, 6) is 1.87. The molecule has 0 radical (unpaired) electrons. The largest absolute Gasteiger partial charge is 0.467 e. The van der Waals surface area contributed by atoms with E-state index >= 15 is 0 Å². The molecule has 7 rings (SSSR count). The molecule has 7 atom stereocenters. The van der Waals surface area contributed by atoms with Crippen molar-refractivity contribution in [3.05, 3.63) is 70.9 Å². The zero-order valence-electron chi connectivity index (χ0n) is 23.3. The van der Waals surface area contributed by atoms with Crippen molar-refractivity contribution in [1.29, 1.82) is 0 Å². The molecule has 214 valence electrons. The molecule has 1 aromatic heterocycles. The molecule has 0 saturated heterocycles. The van der Waals surface area contributed by atoms with Crippen molar-refractivity contribution in [3.8, 4) is 0 Å². The van der Waals surface area contributed by atoms with Crippen LogP contribution in [0, 0.1) is 23.7 Å². The summed E-state index contributed by atoms with van der Waals surface area (Å²) in [6, 6.07) is 14.2. The predicted molar refractivity (Wildman–Crippen MR) is 157 cm³/mol. The number of halogens is 1. The van der Waals surface area contributed by atoms with Gasteiger partial charge in [-0.15, -0.1) is 11.6 Å². The van der Waals surface area contributed by atoms with Crippen LogP contribution in [-0.2, 0) is 20.7 Å². The second-order valence-electron chi connectivity index (χ2n) is 12.5. The summed E-state index contributed by atoms with van der Waals surface area (Å²) in [6.07, 6.45) is 7.96. The lowest BCUT2D eigenvalue weighted by molar-refractivity contribution is -0.154. The van der Waals surface area contributed by atoms with Gasteiger partial charge in [0.1, 0.15) is 11.9 Å². The van der Waals surface area contributed by atoms with Crippen LogP contribution >= 0.6 is 11.6 Å². The Bertz CT molecular complexity index is 1490. The SMILES string of the molecule is COC(=O)[C@H]1Cc2c([nH]c3ccccc23)[C@H](c2ccc(C(=O)NC3CC4CC5CCC3C(C5)C4)cc2)N1C(=O)CCl. The molecule has 3 saturated carbocycles. The molecule has 5 unspecified atom stereocenters. The summed E-state index contributed by atoms with van der Waals surface area (Å²) in [5.41, 5.74) is 4.18. The molecule has 1 aliphatic heterocycles. The first-order valence-electron chi connectivity index (χ1n) is 14.9. The van der Waals surface area contributed by atoms with E-state index < -0.39 is 18.1 Å². The minimum Gasteiger partial charge on any atom is -0.467 e. The van der Waals surface area contributed by atoms with Gasteiger partial charge in [0, 0.05) is 34.6 Å². The van der Waals surface area contributed by atoms with Crippen molar-refractivity contribution in [3.63, 3.8) is 0 Å². The van der Waals surface area contributed by atoms with Gasteiger partial charge in [-0.3, -0.25) is 9.59 Å². The number of carbonyl (C=O) groups excluding carboxylic acids is 3. The smallest absolute Gasteiger partial charge is 0.328 e. The first kappa shape index (κ1) is 26.6. The Labute approximate surface area is 245 Å². The fourth-order valence-corrected chi connectivity index (χ4v) is 8.83. The normalized spacial score (nSPS) is 30.1. The number of alkyl halides is 1. The van der Waals surface area contributed by atoms with Gasteiger partial charge < -0.3 is 19.9 Å². The van der Waals surface area contributed by atoms with Crippen LogP contribution < -0.4 is 5.32 Å². The molecule has 4 aliphatic rings. The second kappa shape index (κ2) is 10.5. The molecule has 3 bridgehead atoms. The molecule has 3 aromatic rings. The molecule has 2 heterocycles. The predicted octanol–water partition coefficient (Wildman–Crippen LogP) is 5.37. The highest BCUT2D eigenvalue weighted by atomic mass is 35.5. The number of para-hydroxylation sites is 1. The lowest BCUT2D eigenvalue weighted by Crippen LogP contribution is -2.52. The van der Waals surface area contributed by atoms with E-state index in [1.165, 1.54) is 39.2 Å². The van der Waals surface area contributed by atoms with E-state index in [0.29, 0.717) is 17.9 Å². The molecule has 3 aliphatic carbocycles. The standard InChI is InChI=1S/C33H36ClN3O4/c1-41-33(40)28-16-25-24-4-2-3-5-26(24)35-30(25)31(37(28)29(38)17-34)20-7-9-21(10-8-20)32(39)36-27-15-19-12-18-6-11-23(27)22(13-18)14-19/h2-5,7-10,18-19,22-23,27-28,31,35H,6,11-17H2,1H3,(H,36,39)/t18?,19?,22?,23?,27?,28-,31+/m1/s1. The number of nitrogens with one attached hydrogen (secondary N) is 2. The monoisotopic (exact) mass is 573 g/mol. The average molecular weight is 574 g/mol. The van der Waals surface area contributed by atoms with Crippen LogP contribution in [0.15, 0.2) is 48.5 Å². The van der Waals surface area contributed by atoms with E-state index in [-0.39, 0.29) is 23.7 Å². The van der Waals surface area contributed by atoms with E-state index in [2.05, 4.69) is 10.3 Å². The van der Waals surface area contributed by atoms with Gasteiger partial charge in [-0.1, -0.05) is 36.8 Å². The number of benzene rings is 2. The Kier molecular flexibility index (Phi) is 6.81. The second-order valence-corrected chi connectivity index (χ2v) is 12.8. The van der Waals surface area contributed by atoms with Crippen LogP contribution in [0.1, 0.15) is 71.7 Å². The first-order chi connectivity index (χ1) is 19.9. The highest BCUT2D eigenvalue weighted by molar-refractivity contribution is 6.27. The molecule has 41 heavy (non-hydrogen) atoms. The highest BCUT2D eigenvalue weighted by Gasteiger charge is 2.46. The highest BCUT2D eigenvalue weighted by Crippen LogP contribution is 2.52. The number of aromatic nitrogens is 1. The fraction of sp³-hybridized carbons (Fsp3) is 0.485. The van der Waals surface area contributed by atoms with Crippen LogP contribution in [0.5, 0.6) is 0 Å². The van der Waals surface area contributed by atoms with Crippen LogP contribution in [0.25, 0.3) is 10.9 Å². The number of nitrogens with zero attached hydrogens (tertiary/aromatic N) is 1. The van der Waals surface area contributed by atoms with Gasteiger partial charge in [-0.2, -0.15) is 0 Å². The number of fused-ring (bicyclic) bond motifs is 5. The number of hydrogen-bond donors (Lipinski definition) is 2. The summed E-state index contributed by atoms with van der Waals surface area (Å²) in [5, 5.41) is 4.41. The summed E-state index contributed by atoms with van der Waals surface area (Å²) < 4.78 is 5.13. The maximum absolute atomic E-state index is 13.4. The Hall–Kier alpha value is -3.32. The van der Waals surface area contributed by atoms with Gasteiger partial charge in [-0.05, 0) is 85.1 Å². The summed E-state index contributed by atoms with van der Waals surface area (Å²) >= 11 is 6.07. The van der Waals surface area contributed by atoms with Crippen LogP contribution in [0.3, 0.4) is 0 Å². The van der Waals surface area contributed by atoms with Gasteiger partial charge in [0.2, 0.25) is 5.91 Å². The summed E-state index contributed by atoms with van der Waals surface area (Å²) in [4.78, 5) is 44.7. The fourth-order valence-electron chi connectivity index (χ4n) is 8.69. The quantitative estimate of drug-likeness (QED) is 0.317. The lowest BCUT2D eigenvalue weighted by Gasteiger charge is -2.52. The molecule has 2 aromatic carbocycles. The number of rotatable bonds is 5. The molecule has 2 amide bonds. The summed E-state index contributed by atoms with van der Waals surface area (Å²) in [7, 11) is 1.34. The van der Waals surface area contributed by atoms with E-state index in [1.807, 2.05) is 48.5 Å². The minimum absolute atomic E-state index is 0.0419. The van der Waals surface area contributed by atoms with Crippen molar-refractivity contribution < 1.29 is 19.1 Å². The third-order valence-electron chi connectivity index (χ3n) is 10.4. The molecule has 0 spiro atoms. The molecule has 7 nitrogen and oxygen atoms in total. The molecule has 3 fully saturated rings. The topological polar surface area (TPSA) is 91.5 Å².